The number of alkyl halides is 6. The molecule has 1 aromatic rings. The number of hydrogen-bond donors (Lipinski definition) is 1. The number of ether oxygens (including phenoxy) is 1. The maximum absolute atomic E-state index is 12.3. The van der Waals surface area contributed by atoms with Crippen molar-refractivity contribution >= 4 is 5.97 Å². The van der Waals surface area contributed by atoms with E-state index in [2.05, 4.69) is 4.74 Å². The molecule has 1 aromatic carbocycles. The summed E-state index contributed by atoms with van der Waals surface area (Å²) in [6, 6.07) is 2.53. The van der Waals surface area contributed by atoms with Crippen molar-refractivity contribution in [1.82, 2.24) is 0 Å². The van der Waals surface area contributed by atoms with Gasteiger partial charge in [0.1, 0.15) is 5.75 Å². The minimum Gasteiger partial charge on any atom is -0.478 e. The van der Waals surface area contributed by atoms with Gasteiger partial charge in [-0.1, -0.05) is 0 Å². The molecule has 0 saturated heterocycles. The monoisotopic (exact) mass is 302 g/mol. The molecule has 0 radical (unpaired) electrons. The third-order valence-corrected chi connectivity index (χ3v) is 2.26. The number of hydrogen-bond acceptors (Lipinski definition) is 2. The first-order valence-corrected chi connectivity index (χ1v) is 5.07. The summed E-state index contributed by atoms with van der Waals surface area (Å²) in [5, 5.41) is 8.64. The summed E-state index contributed by atoms with van der Waals surface area (Å²) in [6.45, 7) is 1.14. The summed E-state index contributed by atoms with van der Waals surface area (Å²) >= 11 is 0. The molecule has 0 aromatic heterocycles. The van der Waals surface area contributed by atoms with Gasteiger partial charge >= 0.3 is 18.3 Å². The third-order valence-electron chi connectivity index (χ3n) is 2.26. The Kier molecular flexibility index (Phi) is 4.21. The van der Waals surface area contributed by atoms with E-state index >= 15 is 0 Å². The van der Waals surface area contributed by atoms with Crippen LogP contribution in [-0.2, 0) is 0 Å². The number of halogens is 6. The summed E-state index contributed by atoms with van der Waals surface area (Å²) < 4.78 is 77.8. The number of carbonyl (C=O) groups is 1. The van der Waals surface area contributed by atoms with Gasteiger partial charge < -0.3 is 9.84 Å². The first-order chi connectivity index (χ1) is 8.93. The van der Waals surface area contributed by atoms with Crippen LogP contribution >= 0.6 is 0 Å². The Morgan fingerprint density at radius 3 is 2.00 bits per heavy atom. The zero-order valence-electron chi connectivity index (χ0n) is 9.84. The largest absolute Gasteiger partial charge is 0.478 e. The number of aromatic carboxylic acids is 1. The van der Waals surface area contributed by atoms with E-state index in [1.807, 2.05) is 0 Å². The molecule has 0 aliphatic heterocycles. The minimum absolute atomic E-state index is 0.150. The predicted octanol–water partition coefficient (Wildman–Crippen LogP) is 3.57. The number of carboxylic acid groups (broad SMARTS) is 1. The van der Waals surface area contributed by atoms with Crippen LogP contribution < -0.4 is 4.74 Å². The number of rotatable bonds is 3. The average Bonchev–Trinajstić information content (AvgIpc) is 2.23. The Balaban J connectivity index is 3.10. The summed E-state index contributed by atoms with van der Waals surface area (Å²) in [5.41, 5.74) is -0.422. The second-order valence-electron chi connectivity index (χ2n) is 3.87. The molecule has 3 nitrogen and oxygen atoms in total. The highest BCUT2D eigenvalue weighted by atomic mass is 19.4. The molecule has 0 fully saturated rings. The maximum atomic E-state index is 12.3. The van der Waals surface area contributed by atoms with Crippen molar-refractivity contribution in [3.63, 3.8) is 0 Å². The SMILES string of the molecule is Cc1cc(C(=O)O)ccc1OC(C(F)(F)F)C(F)(F)F. The van der Waals surface area contributed by atoms with E-state index in [0.29, 0.717) is 0 Å². The van der Waals surface area contributed by atoms with Gasteiger partial charge in [0.15, 0.2) is 0 Å². The summed E-state index contributed by atoms with van der Waals surface area (Å²) in [6.07, 6.45) is -15.2. The van der Waals surface area contributed by atoms with E-state index in [1.165, 1.54) is 0 Å². The Labute approximate surface area is 108 Å². The van der Waals surface area contributed by atoms with E-state index in [-0.39, 0.29) is 11.1 Å². The second kappa shape index (κ2) is 5.22. The van der Waals surface area contributed by atoms with Gasteiger partial charge in [-0.05, 0) is 30.7 Å². The fraction of sp³-hybridized carbons (Fsp3) is 0.364. The fourth-order valence-corrected chi connectivity index (χ4v) is 1.36. The molecule has 0 unspecified atom stereocenters. The molecule has 0 bridgehead atoms. The normalized spacial score (nSPS) is 12.6. The van der Waals surface area contributed by atoms with Crippen LogP contribution in [0.5, 0.6) is 5.75 Å². The first-order valence-electron chi connectivity index (χ1n) is 5.07. The summed E-state index contributed by atoms with van der Waals surface area (Å²) in [7, 11) is 0. The maximum Gasteiger partial charge on any atom is 0.434 e. The number of benzene rings is 1. The van der Waals surface area contributed by atoms with E-state index in [0.717, 1.165) is 25.1 Å². The molecule has 0 spiro atoms. The van der Waals surface area contributed by atoms with Crippen LogP contribution in [0.15, 0.2) is 18.2 Å². The van der Waals surface area contributed by atoms with Gasteiger partial charge in [0, 0.05) is 0 Å². The molecule has 0 amide bonds. The average molecular weight is 302 g/mol. The molecule has 0 saturated carbocycles. The van der Waals surface area contributed by atoms with Crippen molar-refractivity contribution in [2.75, 3.05) is 0 Å². The van der Waals surface area contributed by atoms with Crippen molar-refractivity contribution in [3.8, 4) is 5.75 Å². The lowest BCUT2D eigenvalue weighted by molar-refractivity contribution is -0.300. The lowest BCUT2D eigenvalue weighted by Crippen LogP contribution is -2.46. The minimum atomic E-state index is -5.63. The zero-order chi connectivity index (χ0) is 15.7. The standard InChI is InChI=1S/C11H8F6O3/c1-5-4-6(8(18)19)2-3-7(5)20-9(10(12,13)14)11(15,16)17/h2-4,9H,1H3,(H,18,19). The molecule has 0 heterocycles. The van der Waals surface area contributed by atoms with Gasteiger partial charge in [0.05, 0.1) is 5.56 Å². The van der Waals surface area contributed by atoms with Crippen molar-refractivity contribution in [3.05, 3.63) is 29.3 Å². The van der Waals surface area contributed by atoms with Gasteiger partial charge in [-0.15, -0.1) is 0 Å². The summed E-state index contributed by atoms with van der Waals surface area (Å²) in [4.78, 5) is 10.6. The molecule has 1 N–H and O–H groups in total. The molecule has 20 heavy (non-hydrogen) atoms. The van der Waals surface area contributed by atoms with E-state index < -0.39 is 30.2 Å². The van der Waals surface area contributed by atoms with Crippen LogP contribution in [0.1, 0.15) is 15.9 Å². The van der Waals surface area contributed by atoms with Crippen LogP contribution in [0, 0.1) is 6.92 Å². The van der Waals surface area contributed by atoms with Gasteiger partial charge in [-0.2, -0.15) is 26.3 Å². The molecular weight excluding hydrogens is 294 g/mol. The molecule has 0 aliphatic rings. The van der Waals surface area contributed by atoms with Gasteiger partial charge in [0.25, 0.3) is 6.10 Å². The second-order valence-corrected chi connectivity index (χ2v) is 3.87. The highest BCUT2D eigenvalue weighted by Gasteiger charge is 2.59. The molecule has 112 valence electrons. The lowest BCUT2D eigenvalue weighted by atomic mass is 10.1. The van der Waals surface area contributed by atoms with Crippen molar-refractivity contribution in [2.24, 2.45) is 0 Å². The van der Waals surface area contributed by atoms with E-state index in [9.17, 15) is 31.1 Å². The van der Waals surface area contributed by atoms with Gasteiger partial charge in [-0.3, -0.25) is 0 Å². The molecule has 1 rings (SSSR count). The quantitative estimate of drug-likeness (QED) is 0.868. The number of carboxylic acids is 1. The van der Waals surface area contributed by atoms with Crippen LogP contribution in [0.3, 0.4) is 0 Å². The Morgan fingerprint density at radius 2 is 1.65 bits per heavy atom. The third kappa shape index (κ3) is 3.78. The Morgan fingerprint density at radius 1 is 1.15 bits per heavy atom. The highest BCUT2D eigenvalue weighted by Crippen LogP contribution is 2.37. The molecule has 0 aliphatic carbocycles. The molecular formula is C11H8F6O3. The summed E-state index contributed by atoms with van der Waals surface area (Å²) in [5.74, 6) is -2.04. The first kappa shape index (κ1) is 16.1. The molecule has 0 atom stereocenters. The van der Waals surface area contributed by atoms with Crippen molar-refractivity contribution in [1.29, 1.82) is 0 Å². The highest BCUT2D eigenvalue weighted by molar-refractivity contribution is 5.88. The fourth-order valence-electron chi connectivity index (χ4n) is 1.36. The van der Waals surface area contributed by atoms with Crippen molar-refractivity contribution in [2.45, 2.75) is 25.4 Å². The lowest BCUT2D eigenvalue weighted by Gasteiger charge is -2.24. The van der Waals surface area contributed by atoms with E-state index in [4.69, 9.17) is 5.11 Å². The van der Waals surface area contributed by atoms with E-state index in [1.54, 1.807) is 0 Å². The van der Waals surface area contributed by atoms with Crippen LogP contribution in [0.2, 0.25) is 0 Å². The van der Waals surface area contributed by atoms with Crippen molar-refractivity contribution < 1.29 is 41.0 Å². The van der Waals surface area contributed by atoms with Crippen LogP contribution in [0.4, 0.5) is 26.3 Å². The van der Waals surface area contributed by atoms with Crippen LogP contribution in [0.25, 0.3) is 0 Å². The van der Waals surface area contributed by atoms with Crippen LogP contribution in [-0.4, -0.2) is 29.5 Å². The topological polar surface area (TPSA) is 46.5 Å². The molecule has 9 heteroatoms. The van der Waals surface area contributed by atoms with Gasteiger partial charge in [0.2, 0.25) is 0 Å². The predicted molar refractivity (Wildman–Crippen MR) is 54.7 cm³/mol. The number of aryl methyl sites for hydroxylation is 1. The Bertz CT molecular complexity index is 492. The Hall–Kier alpha value is -1.93. The zero-order valence-corrected chi connectivity index (χ0v) is 9.84. The smallest absolute Gasteiger partial charge is 0.434 e. The van der Waals surface area contributed by atoms with Gasteiger partial charge in [-0.25, -0.2) is 4.79 Å².